The van der Waals surface area contributed by atoms with Gasteiger partial charge in [0.25, 0.3) is 0 Å². The molecule has 1 aliphatic heterocycles. The average Bonchev–Trinajstić information content (AvgIpc) is 3.44. The normalized spacial score (nSPS) is 13.2. The van der Waals surface area contributed by atoms with Crippen molar-refractivity contribution < 1.29 is 9.53 Å². The van der Waals surface area contributed by atoms with E-state index in [1.807, 2.05) is 40.2 Å². The summed E-state index contributed by atoms with van der Waals surface area (Å²) in [6.07, 6.45) is 8.90. The van der Waals surface area contributed by atoms with Gasteiger partial charge in [-0.15, -0.1) is 0 Å². The van der Waals surface area contributed by atoms with Crippen molar-refractivity contribution in [3.63, 3.8) is 0 Å². The van der Waals surface area contributed by atoms with Gasteiger partial charge in [-0.05, 0) is 51.6 Å². The van der Waals surface area contributed by atoms with E-state index in [0.717, 1.165) is 71.7 Å². The van der Waals surface area contributed by atoms with Crippen LogP contribution in [-0.2, 0) is 17.8 Å². The molecular weight excluding hydrogens is 578 g/mol. The number of allylic oxidation sites excluding steroid dienone is 1. The third-order valence-electron chi connectivity index (χ3n) is 8.35. The zero-order valence-corrected chi connectivity index (χ0v) is 27.5. The molecule has 240 valence electrons. The van der Waals surface area contributed by atoms with Gasteiger partial charge in [-0.1, -0.05) is 24.8 Å². The van der Waals surface area contributed by atoms with Crippen molar-refractivity contribution in [3.8, 4) is 17.0 Å². The highest BCUT2D eigenvalue weighted by molar-refractivity contribution is 6.24. The summed E-state index contributed by atoms with van der Waals surface area (Å²) >= 11 is 0. The first kappa shape index (κ1) is 32.2. The van der Waals surface area contributed by atoms with Gasteiger partial charge in [0.05, 0.1) is 35.4 Å². The Labute approximate surface area is 270 Å². The number of methoxy groups -OCH3 is 1. The lowest BCUT2D eigenvalue weighted by molar-refractivity contribution is -0.111. The van der Waals surface area contributed by atoms with E-state index in [9.17, 15) is 4.79 Å². The summed E-state index contributed by atoms with van der Waals surface area (Å²) in [6.45, 7) is 8.06. The molecule has 5 rings (SSSR count). The number of amides is 1. The number of nitrogens with two attached hydrogens (primary N) is 1. The molecule has 0 radical (unpaired) electrons. The quantitative estimate of drug-likeness (QED) is 0.144. The van der Waals surface area contributed by atoms with Crippen LogP contribution < -0.4 is 26.0 Å². The molecule has 1 aliphatic rings. The van der Waals surface area contributed by atoms with E-state index in [4.69, 9.17) is 20.4 Å². The first-order chi connectivity index (χ1) is 22.2. The molecule has 0 saturated heterocycles. The number of ether oxygens (including phenoxy) is 1. The summed E-state index contributed by atoms with van der Waals surface area (Å²) < 4.78 is 8.14. The Bertz CT molecular complexity index is 1840. The van der Waals surface area contributed by atoms with Crippen LogP contribution in [0.15, 0.2) is 66.6 Å². The van der Waals surface area contributed by atoms with Gasteiger partial charge in [0.2, 0.25) is 11.9 Å². The first-order valence-corrected chi connectivity index (χ1v) is 15.3. The van der Waals surface area contributed by atoms with Gasteiger partial charge in [-0.2, -0.15) is 0 Å². The Kier molecular flexibility index (Phi) is 9.72. The summed E-state index contributed by atoms with van der Waals surface area (Å²) in [5.74, 6) is 0.616. The number of para-hydroxylation sites is 1. The maximum Gasteiger partial charge on any atom is 0.247 e. The average molecular weight is 622 g/mol. The van der Waals surface area contributed by atoms with Crippen molar-refractivity contribution in [2.75, 3.05) is 63.9 Å². The SMILES string of the molecule is C=CC(=O)Nc1cc(Nc2ncc(C(=CN)C(C)=NC)c(-c3cn4c5c(cccc35)CCC4)n2)c(OC)cc1N(C)CCN(C)C. The second-order valence-electron chi connectivity index (χ2n) is 11.6. The zero-order chi connectivity index (χ0) is 33.0. The number of aromatic nitrogens is 3. The van der Waals surface area contributed by atoms with E-state index in [-0.39, 0.29) is 5.91 Å². The number of aryl methyl sites for hydroxylation is 2. The topological polar surface area (TPSA) is 126 Å². The van der Waals surface area contributed by atoms with E-state index >= 15 is 0 Å². The maximum atomic E-state index is 12.5. The Balaban J connectivity index is 1.64. The Morgan fingerprint density at radius 1 is 1.22 bits per heavy atom. The summed E-state index contributed by atoms with van der Waals surface area (Å²) in [5, 5.41) is 7.44. The van der Waals surface area contributed by atoms with Crippen LogP contribution in [0.5, 0.6) is 5.75 Å². The van der Waals surface area contributed by atoms with Crippen LogP contribution in [0.4, 0.5) is 23.0 Å². The van der Waals surface area contributed by atoms with Crippen LogP contribution >= 0.6 is 0 Å². The molecule has 0 atom stereocenters. The van der Waals surface area contributed by atoms with Crippen molar-refractivity contribution in [2.24, 2.45) is 10.7 Å². The second kappa shape index (κ2) is 13.9. The van der Waals surface area contributed by atoms with Crippen molar-refractivity contribution in [3.05, 3.63) is 72.7 Å². The molecule has 0 unspecified atom stereocenters. The number of aliphatic imine (C=N–C) groups is 1. The number of carbonyl (C=O) groups is 1. The molecule has 2 aromatic carbocycles. The molecule has 0 saturated carbocycles. The van der Waals surface area contributed by atoms with Crippen LogP contribution in [0, 0.1) is 0 Å². The van der Waals surface area contributed by atoms with Crippen LogP contribution in [0.2, 0.25) is 0 Å². The van der Waals surface area contributed by atoms with E-state index in [1.165, 1.54) is 17.2 Å². The fourth-order valence-electron chi connectivity index (χ4n) is 5.84. The van der Waals surface area contributed by atoms with Crippen LogP contribution in [0.3, 0.4) is 0 Å². The number of hydrogen-bond donors (Lipinski definition) is 3. The van der Waals surface area contributed by atoms with Crippen LogP contribution in [0.1, 0.15) is 24.5 Å². The Hall–Kier alpha value is -5.16. The van der Waals surface area contributed by atoms with Crippen LogP contribution in [-0.4, -0.2) is 79.4 Å². The molecule has 1 amide bonds. The molecule has 0 spiro atoms. The molecule has 2 aromatic heterocycles. The second-order valence-corrected chi connectivity index (χ2v) is 11.6. The lowest BCUT2D eigenvalue weighted by atomic mass is 9.97. The fraction of sp³-hybridized carbons (Fsp3) is 0.314. The van der Waals surface area contributed by atoms with E-state index in [2.05, 4.69) is 61.0 Å². The largest absolute Gasteiger partial charge is 0.494 e. The predicted octanol–water partition coefficient (Wildman–Crippen LogP) is 5.31. The molecular formula is C35H43N9O2. The van der Waals surface area contributed by atoms with Crippen molar-refractivity contribution in [1.29, 1.82) is 0 Å². The number of benzene rings is 2. The molecule has 4 aromatic rings. The number of hydrogen-bond acceptors (Lipinski definition) is 9. The van der Waals surface area contributed by atoms with Gasteiger partial charge in [0, 0.05) is 86.2 Å². The molecule has 46 heavy (non-hydrogen) atoms. The smallest absolute Gasteiger partial charge is 0.247 e. The first-order valence-electron chi connectivity index (χ1n) is 15.3. The highest BCUT2D eigenvalue weighted by atomic mass is 16.5. The number of nitrogens with one attached hydrogen (secondary N) is 2. The Morgan fingerprint density at radius 2 is 2.02 bits per heavy atom. The maximum absolute atomic E-state index is 12.5. The number of carbonyl (C=O) groups excluding carboxylic acids is 1. The number of anilines is 4. The van der Waals surface area contributed by atoms with Gasteiger partial charge >= 0.3 is 0 Å². The van der Waals surface area contributed by atoms with E-state index in [1.54, 1.807) is 26.6 Å². The molecule has 0 fully saturated rings. The zero-order valence-electron chi connectivity index (χ0n) is 27.5. The summed E-state index contributed by atoms with van der Waals surface area (Å²) in [7, 11) is 9.38. The van der Waals surface area contributed by atoms with Gasteiger partial charge in [-0.25, -0.2) is 9.97 Å². The standard InChI is InChI=1S/C35H43N9O2/c1-8-32(45)39-28-17-29(31(46-7)18-30(28)43(6)16-15-42(4)5)40-35-38-20-26(25(19-36)22(2)37-3)33(41-35)27-21-44-14-10-12-23-11-9-13-24(27)34(23)44/h8-9,11,13,17-21H,1,10,12,14-16,36H2,2-7H3,(H,39,45)(H,38,40,41). The van der Waals surface area contributed by atoms with E-state index < -0.39 is 0 Å². The van der Waals surface area contributed by atoms with Gasteiger partial charge in [0.1, 0.15) is 5.75 Å². The fourth-order valence-corrected chi connectivity index (χ4v) is 5.84. The van der Waals surface area contributed by atoms with Gasteiger partial charge in [-0.3, -0.25) is 9.79 Å². The van der Waals surface area contributed by atoms with Gasteiger partial charge < -0.3 is 35.5 Å². The third-order valence-corrected chi connectivity index (χ3v) is 8.35. The number of nitrogens with zero attached hydrogens (tertiary/aromatic N) is 6. The molecule has 11 heteroatoms. The summed E-state index contributed by atoms with van der Waals surface area (Å²) in [6, 6.07) is 10.2. The minimum absolute atomic E-state index is 0.316. The molecule has 4 N–H and O–H groups in total. The number of likely N-dealkylation sites (N-methyl/N-ethyl adjacent to an activating group) is 2. The summed E-state index contributed by atoms with van der Waals surface area (Å²) in [5.41, 5.74) is 14.8. The molecule has 0 bridgehead atoms. The van der Waals surface area contributed by atoms with Crippen molar-refractivity contribution in [2.45, 2.75) is 26.3 Å². The third kappa shape index (κ3) is 6.45. The molecule has 0 aliphatic carbocycles. The lowest BCUT2D eigenvalue weighted by Gasteiger charge is -2.26. The minimum Gasteiger partial charge on any atom is -0.494 e. The van der Waals surface area contributed by atoms with E-state index in [0.29, 0.717) is 23.1 Å². The van der Waals surface area contributed by atoms with Crippen LogP contribution in [0.25, 0.3) is 27.7 Å². The monoisotopic (exact) mass is 621 g/mol. The summed E-state index contributed by atoms with van der Waals surface area (Å²) in [4.78, 5) is 30.9. The Morgan fingerprint density at radius 3 is 2.72 bits per heavy atom. The molecule has 11 nitrogen and oxygen atoms in total. The number of rotatable bonds is 12. The highest BCUT2D eigenvalue weighted by Gasteiger charge is 2.23. The van der Waals surface area contributed by atoms with Crippen molar-refractivity contribution >= 4 is 51.1 Å². The lowest BCUT2D eigenvalue weighted by Crippen LogP contribution is -2.29. The van der Waals surface area contributed by atoms with Gasteiger partial charge in [0.15, 0.2) is 0 Å². The predicted molar refractivity (Wildman–Crippen MR) is 189 cm³/mol. The van der Waals surface area contributed by atoms with Crippen molar-refractivity contribution in [1.82, 2.24) is 19.4 Å². The molecule has 3 heterocycles. The minimum atomic E-state index is -0.316. The highest BCUT2D eigenvalue weighted by Crippen LogP contribution is 2.40.